The molecule has 0 saturated carbocycles. The Morgan fingerprint density at radius 3 is 2.58 bits per heavy atom. The number of likely N-dealkylation sites (tertiary alicyclic amines) is 1. The minimum absolute atomic E-state index is 0.118. The molecule has 33 heavy (non-hydrogen) atoms. The molecular formula is C23H27FN6O3. The van der Waals surface area contributed by atoms with Crippen molar-refractivity contribution in [2.45, 2.75) is 44.9 Å². The third kappa shape index (κ3) is 3.99. The zero-order chi connectivity index (χ0) is 23.3. The summed E-state index contributed by atoms with van der Waals surface area (Å²) >= 11 is 0. The minimum atomic E-state index is -1.27. The van der Waals surface area contributed by atoms with Gasteiger partial charge in [-0.1, -0.05) is 0 Å². The van der Waals surface area contributed by atoms with Gasteiger partial charge in [-0.05, 0) is 49.9 Å². The predicted octanol–water partition coefficient (Wildman–Crippen LogP) is 2.81. The van der Waals surface area contributed by atoms with E-state index in [0.29, 0.717) is 37.6 Å². The molecule has 3 unspecified atom stereocenters. The van der Waals surface area contributed by atoms with E-state index in [-0.39, 0.29) is 18.6 Å². The number of aliphatic hydroxyl groups excluding tert-OH is 1. The van der Waals surface area contributed by atoms with Crippen molar-refractivity contribution >= 4 is 22.8 Å². The van der Waals surface area contributed by atoms with Crippen LogP contribution in [-0.2, 0) is 0 Å². The largest absolute Gasteiger partial charge is 0.465 e. The molecule has 4 heterocycles. The molecule has 0 radical (unpaired) electrons. The smallest absolute Gasteiger partial charge is 0.407 e. The maximum atomic E-state index is 15.0. The fraction of sp³-hybridized carbons (Fsp3) is 0.478. The molecule has 1 aromatic carbocycles. The second kappa shape index (κ2) is 8.26. The number of carbonyl (C=O) groups is 1. The van der Waals surface area contributed by atoms with E-state index in [1.165, 1.54) is 0 Å². The summed E-state index contributed by atoms with van der Waals surface area (Å²) in [4.78, 5) is 23.5. The summed E-state index contributed by atoms with van der Waals surface area (Å²) in [5.74, 6) is 1.59. The number of carboxylic acid groups (broad SMARTS) is 1. The molecule has 2 aliphatic rings. The van der Waals surface area contributed by atoms with E-state index in [0.717, 1.165) is 39.3 Å². The quantitative estimate of drug-likeness (QED) is 0.627. The van der Waals surface area contributed by atoms with Crippen LogP contribution in [-0.4, -0.2) is 79.4 Å². The van der Waals surface area contributed by atoms with Crippen LogP contribution in [0.3, 0.4) is 0 Å². The average Bonchev–Trinajstić information content (AvgIpc) is 3.38. The number of hydrogen-bond acceptors (Lipinski definition) is 6. The summed E-state index contributed by atoms with van der Waals surface area (Å²) in [7, 11) is 0. The Morgan fingerprint density at radius 1 is 1.09 bits per heavy atom. The highest BCUT2D eigenvalue weighted by Gasteiger charge is 2.33. The third-order valence-electron chi connectivity index (χ3n) is 6.68. The van der Waals surface area contributed by atoms with E-state index < -0.39 is 12.3 Å². The van der Waals surface area contributed by atoms with Crippen molar-refractivity contribution in [2.75, 3.05) is 31.1 Å². The van der Waals surface area contributed by atoms with Gasteiger partial charge in [0.25, 0.3) is 0 Å². The molecule has 3 aromatic rings. The van der Waals surface area contributed by atoms with Crippen molar-refractivity contribution in [3.8, 4) is 5.82 Å². The average molecular weight is 455 g/mol. The molecule has 0 spiro atoms. The number of halogens is 1. The summed E-state index contributed by atoms with van der Waals surface area (Å²) in [6.07, 6.45) is 0.196. The van der Waals surface area contributed by atoms with Crippen LogP contribution in [0, 0.1) is 13.8 Å². The number of fused-ring (bicyclic) bond motifs is 1. The Kier molecular flexibility index (Phi) is 5.40. The third-order valence-corrected chi connectivity index (χ3v) is 6.68. The van der Waals surface area contributed by atoms with Crippen LogP contribution < -0.4 is 4.90 Å². The number of rotatable bonds is 3. The van der Waals surface area contributed by atoms with Gasteiger partial charge in [-0.15, -0.1) is 0 Å². The van der Waals surface area contributed by atoms with Crippen molar-refractivity contribution in [3.05, 3.63) is 41.3 Å². The van der Waals surface area contributed by atoms with Gasteiger partial charge in [-0.2, -0.15) is 5.10 Å². The van der Waals surface area contributed by atoms with E-state index in [9.17, 15) is 15.0 Å². The number of alkyl halides is 1. The topological polar surface area (TPSA) is 108 Å². The Bertz CT molecular complexity index is 1210. The fourth-order valence-electron chi connectivity index (χ4n) is 4.97. The minimum Gasteiger partial charge on any atom is -0.465 e. The number of aryl methyl sites for hydroxylation is 2. The van der Waals surface area contributed by atoms with Gasteiger partial charge in [0.15, 0.2) is 5.82 Å². The number of nitrogens with zero attached hydrogens (tertiary/aromatic N) is 6. The zero-order valence-corrected chi connectivity index (χ0v) is 18.6. The molecule has 5 rings (SSSR count). The van der Waals surface area contributed by atoms with E-state index in [2.05, 4.69) is 15.1 Å². The van der Waals surface area contributed by atoms with Crippen LogP contribution in [0.2, 0.25) is 0 Å². The first-order chi connectivity index (χ1) is 15.8. The summed E-state index contributed by atoms with van der Waals surface area (Å²) < 4.78 is 16.7. The standard InChI is InChI=1S/C23H27FN6O3/c1-13-7-15-10-25-30(22-9-21(26-14(2)27-22)28-5-3-16(31)11-28)20(15)8-18(13)17-4-6-29(23(32)33)12-19(17)24/h7-10,16-17,19,31H,3-6,11-12H2,1-2H3,(H,32,33). The number of benzene rings is 1. The van der Waals surface area contributed by atoms with E-state index in [1.54, 1.807) is 10.9 Å². The van der Waals surface area contributed by atoms with Crippen molar-refractivity contribution < 1.29 is 19.4 Å². The molecule has 2 aliphatic heterocycles. The predicted molar refractivity (Wildman–Crippen MR) is 121 cm³/mol. The summed E-state index contributed by atoms with van der Waals surface area (Å²) in [6.45, 7) is 5.23. The van der Waals surface area contributed by atoms with Crippen molar-refractivity contribution in [2.24, 2.45) is 0 Å². The molecule has 174 valence electrons. The summed E-state index contributed by atoms with van der Waals surface area (Å²) in [6, 6.07) is 5.82. The second-order valence-corrected chi connectivity index (χ2v) is 8.98. The maximum Gasteiger partial charge on any atom is 0.407 e. The number of hydrogen-bond donors (Lipinski definition) is 2. The van der Waals surface area contributed by atoms with Crippen LogP contribution in [0.4, 0.5) is 15.0 Å². The molecule has 9 nitrogen and oxygen atoms in total. The lowest BCUT2D eigenvalue weighted by Crippen LogP contribution is -2.43. The Labute approximate surface area is 190 Å². The lowest BCUT2D eigenvalue weighted by molar-refractivity contribution is 0.0962. The molecule has 2 aromatic heterocycles. The van der Waals surface area contributed by atoms with Gasteiger partial charge in [-0.25, -0.2) is 23.8 Å². The van der Waals surface area contributed by atoms with E-state index in [1.807, 2.05) is 36.9 Å². The van der Waals surface area contributed by atoms with Crippen LogP contribution in [0.25, 0.3) is 16.7 Å². The highest BCUT2D eigenvalue weighted by Crippen LogP contribution is 2.35. The Morgan fingerprint density at radius 2 is 1.88 bits per heavy atom. The molecule has 10 heteroatoms. The molecule has 2 N–H and O–H groups in total. The number of anilines is 1. The van der Waals surface area contributed by atoms with Gasteiger partial charge in [0.05, 0.1) is 24.4 Å². The lowest BCUT2D eigenvalue weighted by Gasteiger charge is -2.34. The number of piperidine rings is 1. The van der Waals surface area contributed by atoms with E-state index >= 15 is 4.39 Å². The number of aliphatic hydroxyl groups is 1. The highest BCUT2D eigenvalue weighted by atomic mass is 19.1. The van der Waals surface area contributed by atoms with Gasteiger partial charge in [0, 0.05) is 37.0 Å². The molecule has 2 saturated heterocycles. The van der Waals surface area contributed by atoms with Crippen LogP contribution in [0.15, 0.2) is 24.4 Å². The van der Waals surface area contributed by atoms with Crippen molar-refractivity contribution in [1.29, 1.82) is 0 Å². The van der Waals surface area contributed by atoms with Gasteiger partial charge in [0.2, 0.25) is 0 Å². The first kappa shape index (κ1) is 21.6. The lowest BCUT2D eigenvalue weighted by atomic mass is 9.85. The van der Waals surface area contributed by atoms with Gasteiger partial charge >= 0.3 is 6.09 Å². The number of β-amino-alcohol motifs (C(OH)–C–C–N with tert-alkyl or cyclic N) is 1. The zero-order valence-electron chi connectivity index (χ0n) is 18.6. The monoisotopic (exact) mass is 454 g/mol. The molecule has 1 amide bonds. The van der Waals surface area contributed by atoms with Crippen molar-refractivity contribution in [3.63, 3.8) is 0 Å². The Balaban J connectivity index is 1.52. The molecular weight excluding hydrogens is 427 g/mol. The number of amides is 1. The fourth-order valence-corrected chi connectivity index (χ4v) is 4.97. The van der Waals surface area contributed by atoms with E-state index in [4.69, 9.17) is 0 Å². The molecule has 0 bridgehead atoms. The van der Waals surface area contributed by atoms with Gasteiger partial charge < -0.3 is 20.0 Å². The maximum absolute atomic E-state index is 15.0. The normalized spacial score (nSPS) is 23.5. The highest BCUT2D eigenvalue weighted by molar-refractivity contribution is 5.82. The van der Waals surface area contributed by atoms with Crippen LogP contribution >= 0.6 is 0 Å². The Hall–Kier alpha value is -3.27. The SMILES string of the molecule is Cc1nc(N2CCC(O)C2)cc(-n2ncc3cc(C)c(C4CCN(C(=O)O)CC4F)cc32)n1. The summed E-state index contributed by atoms with van der Waals surface area (Å²) in [5, 5.41) is 24.6. The van der Waals surface area contributed by atoms with Crippen LogP contribution in [0.5, 0.6) is 0 Å². The van der Waals surface area contributed by atoms with Crippen LogP contribution in [0.1, 0.15) is 35.7 Å². The number of aromatic nitrogens is 4. The second-order valence-electron chi connectivity index (χ2n) is 8.98. The van der Waals surface area contributed by atoms with Gasteiger partial charge in [0.1, 0.15) is 17.8 Å². The van der Waals surface area contributed by atoms with Gasteiger partial charge in [-0.3, -0.25) is 0 Å². The first-order valence-electron chi connectivity index (χ1n) is 11.2. The first-order valence-corrected chi connectivity index (χ1v) is 11.2. The molecule has 2 fully saturated rings. The molecule has 3 atom stereocenters. The van der Waals surface area contributed by atoms with Crippen molar-refractivity contribution in [1.82, 2.24) is 24.6 Å². The molecule has 0 aliphatic carbocycles. The summed E-state index contributed by atoms with van der Waals surface area (Å²) in [5.41, 5.74) is 2.65.